The molecule has 5 heteroatoms. The van der Waals surface area contributed by atoms with Crippen LogP contribution in [-0.2, 0) is 11.3 Å². The minimum atomic E-state index is -0.270. The monoisotopic (exact) mass is 181 g/mol. The van der Waals surface area contributed by atoms with Gasteiger partial charge in [-0.2, -0.15) is 5.10 Å². The van der Waals surface area contributed by atoms with Crippen molar-refractivity contribution in [1.29, 1.82) is 0 Å². The summed E-state index contributed by atoms with van der Waals surface area (Å²) >= 11 is 0. The Kier molecular flexibility index (Phi) is 3.19. The van der Waals surface area contributed by atoms with E-state index in [1.807, 2.05) is 6.92 Å². The standard InChI is InChI=1S/C8H11N3O2/c1-2-9-7(12)6-11-8(13)4-3-5-10-11/h3-5H,2,6H2,1H3,(H,9,12). The average Bonchev–Trinajstić information content (AvgIpc) is 2.09. The molecule has 0 aliphatic carbocycles. The third-order valence-electron chi connectivity index (χ3n) is 1.45. The quantitative estimate of drug-likeness (QED) is 0.675. The van der Waals surface area contributed by atoms with E-state index in [-0.39, 0.29) is 18.0 Å². The zero-order valence-corrected chi connectivity index (χ0v) is 7.36. The lowest BCUT2D eigenvalue weighted by atomic mass is 10.5. The minimum absolute atomic E-state index is 0.0203. The summed E-state index contributed by atoms with van der Waals surface area (Å²) in [5.41, 5.74) is -0.270. The molecule has 13 heavy (non-hydrogen) atoms. The van der Waals surface area contributed by atoms with Gasteiger partial charge in [-0.3, -0.25) is 9.59 Å². The number of carbonyl (C=O) groups excluding carboxylic acids is 1. The van der Waals surface area contributed by atoms with Gasteiger partial charge in [0, 0.05) is 18.8 Å². The van der Waals surface area contributed by atoms with Crippen molar-refractivity contribution in [3.63, 3.8) is 0 Å². The number of aromatic nitrogens is 2. The molecular weight excluding hydrogens is 170 g/mol. The number of likely N-dealkylation sites (N-methyl/N-ethyl adjacent to an activating group) is 1. The van der Waals surface area contributed by atoms with Crippen LogP contribution >= 0.6 is 0 Å². The molecule has 0 aliphatic heterocycles. The highest BCUT2D eigenvalue weighted by atomic mass is 16.2. The molecule has 1 aromatic rings. The van der Waals surface area contributed by atoms with Crippen LogP contribution in [0.2, 0.25) is 0 Å². The van der Waals surface area contributed by atoms with Gasteiger partial charge < -0.3 is 5.32 Å². The van der Waals surface area contributed by atoms with Crippen molar-refractivity contribution >= 4 is 5.91 Å². The molecule has 0 radical (unpaired) electrons. The van der Waals surface area contributed by atoms with Gasteiger partial charge in [-0.25, -0.2) is 4.68 Å². The van der Waals surface area contributed by atoms with E-state index >= 15 is 0 Å². The molecule has 1 amide bonds. The highest BCUT2D eigenvalue weighted by molar-refractivity contribution is 5.75. The molecule has 0 atom stereocenters. The maximum atomic E-state index is 11.1. The summed E-state index contributed by atoms with van der Waals surface area (Å²) in [6, 6.07) is 2.91. The SMILES string of the molecule is CCNC(=O)Cn1ncccc1=O. The summed E-state index contributed by atoms with van der Waals surface area (Å²) in [5, 5.41) is 6.33. The Morgan fingerprint density at radius 1 is 1.69 bits per heavy atom. The lowest BCUT2D eigenvalue weighted by Gasteiger charge is -2.02. The molecule has 70 valence electrons. The van der Waals surface area contributed by atoms with Gasteiger partial charge >= 0.3 is 0 Å². The van der Waals surface area contributed by atoms with Crippen molar-refractivity contribution < 1.29 is 4.79 Å². The second-order valence-corrected chi connectivity index (χ2v) is 2.47. The Bertz CT molecular complexity index is 345. The summed E-state index contributed by atoms with van der Waals surface area (Å²) in [6.45, 7) is 2.35. The molecule has 0 fully saturated rings. The Morgan fingerprint density at radius 3 is 3.08 bits per heavy atom. The van der Waals surface area contributed by atoms with Crippen LogP contribution in [0.3, 0.4) is 0 Å². The Balaban J connectivity index is 2.69. The van der Waals surface area contributed by atoms with E-state index in [2.05, 4.69) is 10.4 Å². The van der Waals surface area contributed by atoms with Crippen LogP contribution in [0.1, 0.15) is 6.92 Å². The fourth-order valence-corrected chi connectivity index (χ4v) is 0.895. The molecule has 0 unspecified atom stereocenters. The smallest absolute Gasteiger partial charge is 0.267 e. The molecule has 0 aromatic carbocycles. The van der Waals surface area contributed by atoms with E-state index < -0.39 is 0 Å². The van der Waals surface area contributed by atoms with Crippen LogP contribution < -0.4 is 10.9 Å². The second-order valence-electron chi connectivity index (χ2n) is 2.47. The van der Waals surface area contributed by atoms with Gasteiger partial charge in [-0.1, -0.05) is 0 Å². The molecule has 1 heterocycles. The Hall–Kier alpha value is -1.65. The number of carbonyl (C=O) groups is 1. The van der Waals surface area contributed by atoms with Gasteiger partial charge in [0.2, 0.25) is 5.91 Å². The second kappa shape index (κ2) is 4.39. The predicted molar refractivity (Wildman–Crippen MR) is 47.2 cm³/mol. The van der Waals surface area contributed by atoms with Gasteiger partial charge in [0.05, 0.1) is 0 Å². The third kappa shape index (κ3) is 2.70. The van der Waals surface area contributed by atoms with Crippen LogP contribution in [-0.4, -0.2) is 22.2 Å². The molecule has 0 bridgehead atoms. The minimum Gasteiger partial charge on any atom is -0.355 e. The van der Waals surface area contributed by atoms with E-state index in [1.165, 1.54) is 18.3 Å². The number of nitrogens with zero attached hydrogens (tertiary/aromatic N) is 2. The van der Waals surface area contributed by atoms with E-state index in [0.29, 0.717) is 6.54 Å². The Morgan fingerprint density at radius 2 is 2.46 bits per heavy atom. The largest absolute Gasteiger partial charge is 0.355 e. The maximum absolute atomic E-state index is 11.1. The zero-order valence-electron chi connectivity index (χ0n) is 7.36. The fraction of sp³-hybridized carbons (Fsp3) is 0.375. The lowest BCUT2D eigenvalue weighted by Crippen LogP contribution is -2.32. The van der Waals surface area contributed by atoms with Gasteiger partial charge in [0.25, 0.3) is 5.56 Å². The zero-order chi connectivity index (χ0) is 9.68. The van der Waals surface area contributed by atoms with E-state index in [0.717, 1.165) is 4.68 Å². The first-order chi connectivity index (χ1) is 6.24. The molecule has 0 aliphatic rings. The Labute approximate surface area is 75.4 Å². The first kappa shape index (κ1) is 9.44. The van der Waals surface area contributed by atoms with Gasteiger partial charge in [0.15, 0.2) is 0 Å². The first-order valence-corrected chi connectivity index (χ1v) is 4.03. The lowest BCUT2D eigenvalue weighted by molar-refractivity contribution is -0.121. The topological polar surface area (TPSA) is 64.0 Å². The summed E-state index contributed by atoms with van der Waals surface area (Å²) in [6.07, 6.45) is 1.47. The predicted octanol–water partition coefficient (Wildman–Crippen LogP) is -0.621. The fourth-order valence-electron chi connectivity index (χ4n) is 0.895. The normalized spacial score (nSPS) is 9.62. The van der Waals surface area contributed by atoms with Crippen molar-refractivity contribution in [1.82, 2.24) is 15.1 Å². The van der Waals surface area contributed by atoms with Gasteiger partial charge in [-0.05, 0) is 13.0 Å². The molecular formula is C8H11N3O2. The van der Waals surface area contributed by atoms with Crippen LogP contribution in [0.4, 0.5) is 0 Å². The summed E-state index contributed by atoms with van der Waals surface area (Å²) in [7, 11) is 0. The molecule has 0 saturated carbocycles. The molecule has 1 aromatic heterocycles. The van der Waals surface area contributed by atoms with Gasteiger partial charge in [-0.15, -0.1) is 0 Å². The molecule has 1 rings (SSSR count). The molecule has 0 saturated heterocycles. The number of nitrogens with one attached hydrogen (secondary N) is 1. The summed E-state index contributed by atoms with van der Waals surface area (Å²) in [5.74, 6) is -0.205. The third-order valence-corrected chi connectivity index (χ3v) is 1.45. The average molecular weight is 181 g/mol. The van der Waals surface area contributed by atoms with Crippen molar-refractivity contribution in [2.75, 3.05) is 6.54 Å². The van der Waals surface area contributed by atoms with E-state index in [9.17, 15) is 9.59 Å². The van der Waals surface area contributed by atoms with Crippen molar-refractivity contribution in [3.05, 3.63) is 28.7 Å². The summed E-state index contributed by atoms with van der Waals surface area (Å²) < 4.78 is 1.12. The number of hydrogen-bond acceptors (Lipinski definition) is 3. The van der Waals surface area contributed by atoms with Crippen molar-refractivity contribution in [2.45, 2.75) is 13.5 Å². The van der Waals surface area contributed by atoms with E-state index in [1.54, 1.807) is 0 Å². The molecule has 0 spiro atoms. The van der Waals surface area contributed by atoms with Gasteiger partial charge in [0.1, 0.15) is 6.54 Å². The number of rotatable bonds is 3. The van der Waals surface area contributed by atoms with Crippen LogP contribution in [0.25, 0.3) is 0 Å². The maximum Gasteiger partial charge on any atom is 0.267 e. The van der Waals surface area contributed by atoms with Crippen LogP contribution in [0.15, 0.2) is 23.1 Å². The number of hydrogen-bond donors (Lipinski definition) is 1. The van der Waals surface area contributed by atoms with Crippen molar-refractivity contribution in [3.8, 4) is 0 Å². The first-order valence-electron chi connectivity index (χ1n) is 4.03. The van der Waals surface area contributed by atoms with Crippen LogP contribution in [0.5, 0.6) is 0 Å². The van der Waals surface area contributed by atoms with Crippen LogP contribution in [0, 0.1) is 0 Å². The molecule has 5 nitrogen and oxygen atoms in total. The summed E-state index contributed by atoms with van der Waals surface area (Å²) in [4.78, 5) is 22.1. The molecule has 1 N–H and O–H groups in total. The highest BCUT2D eigenvalue weighted by Crippen LogP contribution is 1.76. The van der Waals surface area contributed by atoms with E-state index in [4.69, 9.17) is 0 Å². The van der Waals surface area contributed by atoms with Crippen molar-refractivity contribution in [2.24, 2.45) is 0 Å². The number of amides is 1. The highest BCUT2D eigenvalue weighted by Gasteiger charge is 2.01.